The van der Waals surface area contributed by atoms with E-state index >= 15 is 0 Å². The van der Waals surface area contributed by atoms with Crippen LogP contribution in [-0.4, -0.2) is 54.1 Å². The molecule has 0 saturated carbocycles. The number of carbonyl (C=O) groups excluding carboxylic acids is 2. The molecule has 1 aliphatic heterocycles. The number of nitrogens with one attached hydrogen (secondary N) is 1. The van der Waals surface area contributed by atoms with Gasteiger partial charge < -0.3 is 19.5 Å². The van der Waals surface area contributed by atoms with Gasteiger partial charge in [0.25, 0.3) is 5.56 Å². The summed E-state index contributed by atoms with van der Waals surface area (Å²) in [5.74, 6) is -0.207. The number of anilines is 1. The van der Waals surface area contributed by atoms with Crippen LogP contribution in [0.3, 0.4) is 0 Å². The molecule has 9 nitrogen and oxygen atoms in total. The van der Waals surface area contributed by atoms with Crippen LogP contribution >= 0.6 is 11.8 Å². The third kappa shape index (κ3) is 5.23. The first-order valence-corrected chi connectivity index (χ1v) is 11.8. The van der Waals surface area contributed by atoms with Gasteiger partial charge in [-0.2, -0.15) is 0 Å². The van der Waals surface area contributed by atoms with E-state index in [-0.39, 0.29) is 23.3 Å². The predicted octanol–water partition coefficient (Wildman–Crippen LogP) is 3.10. The number of thioether (sulfide) groups is 1. The molecule has 1 fully saturated rings. The van der Waals surface area contributed by atoms with Gasteiger partial charge in [-0.25, -0.2) is 9.78 Å². The van der Waals surface area contributed by atoms with Crippen LogP contribution in [0, 0.1) is 0 Å². The molecule has 3 aromatic rings. The lowest BCUT2D eigenvalue weighted by Crippen LogP contribution is -2.29. The maximum Gasteiger partial charge on any atom is 0.337 e. The van der Waals surface area contributed by atoms with Gasteiger partial charge in [0.1, 0.15) is 5.75 Å². The molecule has 0 unspecified atom stereocenters. The Morgan fingerprint density at radius 2 is 2.06 bits per heavy atom. The Labute approximate surface area is 200 Å². The van der Waals surface area contributed by atoms with Crippen molar-refractivity contribution in [1.82, 2.24) is 9.55 Å². The number of esters is 1. The second-order valence-corrected chi connectivity index (χ2v) is 8.65. The molecular weight excluding hydrogens is 458 g/mol. The molecule has 0 radical (unpaired) electrons. The van der Waals surface area contributed by atoms with Gasteiger partial charge in [0, 0.05) is 6.61 Å². The van der Waals surface area contributed by atoms with Crippen molar-refractivity contribution in [3.8, 4) is 5.75 Å². The fraction of sp³-hybridized carbons (Fsp3) is 0.333. The Balaban J connectivity index is 1.63. The van der Waals surface area contributed by atoms with E-state index in [0.29, 0.717) is 46.2 Å². The molecular formula is C24H25N3O6S. The van der Waals surface area contributed by atoms with E-state index in [1.807, 2.05) is 6.07 Å². The fourth-order valence-electron chi connectivity index (χ4n) is 3.77. The summed E-state index contributed by atoms with van der Waals surface area (Å²) in [6.45, 7) is 1.00. The van der Waals surface area contributed by atoms with Gasteiger partial charge in [0.15, 0.2) is 5.16 Å². The van der Waals surface area contributed by atoms with E-state index in [9.17, 15) is 14.4 Å². The number of aromatic nitrogens is 2. The summed E-state index contributed by atoms with van der Waals surface area (Å²) in [5.41, 5.74) is 0.971. The van der Waals surface area contributed by atoms with Crippen molar-refractivity contribution in [2.24, 2.45) is 0 Å². The summed E-state index contributed by atoms with van der Waals surface area (Å²) in [7, 11) is 2.83. The minimum absolute atomic E-state index is 0.0260. The van der Waals surface area contributed by atoms with E-state index in [1.54, 1.807) is 34.9 Å². The van der Waals surface area contributed by atoms with Gasteiger partial charge in [0.2, 0.25) is 5.91 Å². The number of methoxy groups -OCH3 is 2. The summed E-state index contributed by atoms with van der Waals surface area (Å²) in [6, 6.07) is 11.8. The SMILES string of the molecule is COC(=O)c1ccc2c(=O)n(C[C@H]3CCCO3)c(SCC(=O)Nc3ccccc3OC)nc2c1. The van der Waals surface area contributed by atoms with Gasteiger partial charge in [-0.1, -0.05) is 23.9 Å². The Kier molecular flexibility index (Phi) is 7.49. The standard InChI is InChI=1S/C24H25N3O6S/c1-31-20-8-4-3-7-18(20)25-21(28)14-34-24-26-19-12-15(23(30)32-2)9-10-17(19)22(29)27(24)13-16-6-5-11-33-16/h3-4,7-10,12,16H,5-6,11,13-14H2,1-2H3,(H,25,28)/t16-/m1/s1. The molecule has 2 aromatic carbocycles. The average molecular weight is 484 g/mol. The number of hydrogen-bond donors (Lipinski definition) is 1. The maximum atomic E-state index is 13.3. The van der Waals surface area contributed by atoms with Crippen molar-refractivity contribution >= 4 is 40.2 Å². The quantitative estimate of drug-likeness (QED) is 0.296. The number of rotatable bonds is 8. The Morgan fingerprint density at radius 3 is 2.79 bits per heavy atom. The zero-order chi connectivity index (χ0) is 24.1. The third-order valence-electron chi connectivity index (χ3n) is 5.47. The lowest BCUT2D eigenvalue weighted by atomic mass is 10.1. The molecule has 1 saturated heterocycles. The van der Waals surface area contributed by atoms with Crippen molar-refractivity contribution in [3.63, 3.8) is 0 Å². The molecule has 178 valence electrons. The van der Waals surface area contributed by atoms with E-state index < -0.39 is 5.97 Å². The zero-order valence-corrected chi connectivity index (χ0v) is 19.7. The van der Waals surface area contributed by atoms with Crippen LogP contribution in [0.2, 0.25) is 0 Å². The summed E-state index contributed by atoms with van der Waals surface area (Å²) in [4.78, 5) is 42.6. The van der Waals surface area contributed by atoms with E-state index in [4.69, 9.17) is 14.2 Å². The first-order chi connectivity index (χ1) is 16.5. The molecule has 4 rings (SSSR count). The second kappa shape index (κ2) is 10.7. The van der Waals surface area contributed by atoms with Crippen molar-refractivity contribution in [2.45, 2.75) is 30.6 Å². The van der Waals surface area contributed by atoms with Crippen LogP contribution in [0.5, 0.6) is 5.75 Å². The summed E-state index contributed by atoms with van der Waals surface area (Å²) >= 11 is 1.15. The second-order valence-electron chi connectivity index (χ2n) is 7.71. The molecule has 10 heteroatoms. The smallest absolute Gasteiger partial charge is 0.337 e. The molecule has 1 aromatic heterocycles. The predicted molar refractivity (Wildman–Crippen MR) is 129 cm³/mol. The maximum absolute atomic E-state index is 13.3. The van der Waals surface area contributed by atoms with Crippen LogP contribution in [0.15, 0.2) is 52.4 Å². The van der Waals surface area contributed by atoms with E-state index in [2.05, 4.69) is 10.3 Å². The van der Waals surface area contributed by atoms with Crippen LogP contribution in [0.1, 0.15) is 23.2 Å². The van der Waals surface area contributed by atoms with Crippen LogP contribution < -0.4 is 15.6 Å². The highest BCUT2D eigenvalue weighted by Crippen LogP contribution is 2.25. The summed E-state index contributed by atoms with van der Waals surface area (Å²) < 4.78 is 17.3. The summed E-state index contributed by atoms with van der Waals surface area (Å²) in [6.07, 6.45) is 1.70. The number of amides is 1. The Morgan fingerprint density at radius 1 is 1.24 bits per heavy atom. The van der Waals surface area contributed by atoms with E-state index in [0.717, 1.165) is 24.6 Å². The minimum atomic E-state index is -0.516. The molecule has 0 bridgehead atoms. The van der Waals surface area contributed by atoms with Crippen LogP contribution in [0.4, 0.5) is 5.69 Å². The minimum Gasteiger partial charge on any atom is -0.495 e. The van der Waals surface area contributed by atoms with Crippen molar-refractivity contribution < 1.29 is 23.8 Å². The van der Waals surface area contributed by atoms with Gasteiger partial charge in [-0.15, -0.1) is 0 Å². The van der Waals surface area contributed by atoms with Crippen molar-refractivity contribution in [3.05, 3.63) is 58.4 Å². The normalized spacial score (nSPS) is 15.3. The molecule has 0 aliphatic carbocycles. The number of fused-ring (bicyclic) bond motifs is 1. The highest BCUT2D eigenvalue weighted by atomic mass is 32.2. The largest absolute Gasteiger partial charge is 0.495 e. The van der Waals surface area contributed by atoms with Gasteiger partial charge in [-0.3, -0.25) is 14.2 Å². The molecule has 2 heterocycles. The monoisotopic (exact) mass is 483 g/mol. The van der Waals surface area contributed by atoms with Crippen molar-refractivity contribution in [2.75, 3.05) is 31.9 Å². The Hall–Kier alpha value is -3.37. The highest BCUT2D eigenvalue weighted by Gasteiger charge is 2.21. The Bertz CT molecular complexity index is 1270. The topological polar surface area (TPSA) is 109 Å². The number of nitrogens with zero attached hydrogens (tertiary/aromatic N) is 2. The first kappa shape index (κ1) is 23.8. The number of benzene rings is 2. The van der Waals surface area contributed by atoms with Crippen LogP contribution in [-0.2, 0) is 20.8 Å². The molecule has 0 spiro atoms. The van der Waals surface area contributed by atoms with Crippen LogP contribution in [0.25, 0.3) is 10.9 Å². The number of carbonyl (C=O) groups is 2. The summed E-state index contributed by atoms with van der Waals surface area (Å²) in [5, 5.41) is 3.58. The van der Waals surface area contributed by atoms with Gasteiger partial charge >= 0.3 is 5.97 Å². The lowest BCUT2D eigenvalue weighted by molar-refractivity contribution is -0.113. The molecule has 1 amide bonds. The molecule has 1 atom stereocenters. The molecule has 1 N–H and O–H groups in total. The fourth-order valence-corrected chi connectivity index (χ4v) is 4.58. The molecule has 1 aliphatic rings. The van der Waals surface area contributed by atoms with Gasteiger partial charge in [-0.05, 0) is 43.2 Å². The number of hydrogen-bond acceptors (Lipinski definition) is 8. The van der Waals surface area contributed by atoms with Gasteiger partial charge in [0.05, 0.1) is 54.8 Å². The van der Waals surface area contributed by atoms with Crippen molar-refractivity contribution in [1.29, 1.82) is 0 Å². The zero-order valence-electron chi connectivity index (χ0n) is 18.9. The first-order valence-electron chi connectivity index (χ1n) is 10.8. The number of ether oxygens (including phenoxy) is 3. The highest BCUT2D eigenvalue weighted by molar-refractivity contribution is 7.99. The third-order valence-corrected chi connectivity index (χ3v) is 6.44. The lowest BCUT2D eigenvalue weighted by Gasteiger charge is -2.17. The van der Waals surface area contributed by atoms with E-state index in [1.165, 1.54) is 20.3 Å². The average Bonchev–Trinajstić information content (AvgIpc) is 3.37. The number of para-hydroxylation sites is 2. The molecule has 34 heavy (non-hydrogen) atoms.